The number of carbonyl (C=O) groups is 1. The molecule has 0 spiro atoms. The highest BCUT2D eigenvalue weighted by Crippen LogP contribution is 2.38. The molecule has 0 saturated carbocycles. The van der Waals surface area contributed by atoms with E-state index in [4.69, 9.17) is 0 Å². The van der Waals surface area contributed by atoms with E-state index >= 15 is 0 Å². The van der Waals surface area contributed by atoms with Crippen LogP contribution in [0.5, 0.6) is 0 Å². The molecule has 0 aliphatic carbocycles. The number of ketones is 1. The second-order valence-corrected chi connectivity index (χ2v) is 4.83. The van der Waals surface area contributed by atoms with Gasteiger partial charge in [-0.1, -0.05) is 19.1 Å². The molecule has 0 atom stereocenters. The fourth-order valence-corrected chi connectivity index (χ4v) is 2.25. The van der Waals surface area contributed by atoms with Crippen molar-refractivity contribution in [3.05, 3.63) is 29.3 Å². The molecule has 94 valence electrons. The standard InChI is InChI=1S/C12H13F3OS/c1-3-10-7-9(6-8(2)16)4-5-11(10)17-12(13,14)15/h4-5,7H,3,6H2,1-2H3. The van der Waals surface area contributed by atoms with Gasteiger partial charge < -0.3 is 0 Å². The Kier molecular flexibility index (Phi) is 4.62. The van der Waals surface area contributed by atoms with E-state index in [1.807, 2.05) is 0 Å². The third kappa shape index (κ3) is 4.81. The quantitative estimate of drug-likeness (QED) is 0.763. The Balaban J connectivity index is 2.97. The van der Waals surface area contributed by atoms with Gasteiger partial charge in [0, 0.05) is 11.3 Å². The number of aryl methyl sites for hydroxylation is 1. The topological polar surface area (TPSA) is 17.1 Å². The summed E-state index contributed by atoms with van der Waals surface area (Å²) in [4.78, 5) is 11.2. The zero-order chi connectivity index (χ0) is 13.1. The van der Waals surface area contributed by atoms with Crippen molar-refractivity contribution in [2.24, 2.45) is 0 Å². The number of alkyl halides is 3. The molecule has 0 bridgehead atoms. The van der Waals surface area contributed by atoms with Gasteiger partial charge in [-0.15, -0.1) is 0 Å². The van der Waals surface area contributed by atoms with E-state index in [1.165, 1.54) is 13.0 Å². The van der Waals surface area contributed by atoms with Crippen LogP contribution in [0.25, 0.3) is 0 Å². The Labute approximate surface area is 102 Å². The molecule has 0 amide bonds. The summed E-state index contributed by atoms with van der Waals surface area (Å²) in [5.74, 6) is 0.00303. The SMILES string of the molecule is CCc1cc(CC(C)=O)ccc1SC(F)(F)F. The van der Waals surface area contributed by atoms with Crippen LogP contribution in [0.15, 0.2) is 23.1 Å². The van der Waals surface area contributed by atoms with Gasteiger partial charge in [0.15, 0.2) is 0 Å². The lowest BCUT2D eigenvalue weighted by Gasteiger charge is -2.11. The number of hydrogen-bond donors (Lipinski definition) is 0. The maximum absolute atomic E-state index is 12.3. The first kappa shape index (κ1) is 14.1. The van der Waals surface area contributed by atoms with Crippen molar-refractivity contribution in [3.8, 4) is 0 Å². The van der Waals surface area contributed by atoms with Crippen molar-refractivity contribution in [2.75, 3.05) is 0 Å². The molecule has 1 aromatic carbocycles. The Morgan fingerprint density at radius 3 is 2.47 bits per heavy atom. The second kappa shape index (κ2) is 5.58. The number of hydrogen-bond acceptors (Lipinski definition) is 2. The Morgan fingerprint density at radius 2 is 2.00 bits per heavy atom. The number of rotatable bonds is 4. The number of halogens is 3. The molecular weight excluding hydrogens is 249 g/mol. The molecule has 0 unspecified atom stereocenters. The first-order valence-corrected chi connectivity index (χ1v) is 6.00. The Hall–Kier alpha value is -0.970. The molecule has 1 rings (SSSR count). The third-order valence-corrected chi connectivity index (χ3v) is 3.03. The van der Waals surface area contributed by atoms with Crippen molar-refractivity contribution >= 4 is 17.5 Å². The number of carbonyl (C=O) groups excluding carboxylic acids is 1. The van der Waals surface area contributed by atoms with E-state index in [-0.39, 0.29) is 28.9 Å². The molecule has 1 aromatic rings. The van der Waals surface area contributed by atoms with E-state index in [9.17, 15) is 18.0 Å². The van der Waals surface area contributed by atoms with Gasteiger partial charge in [0.2, 0.25) is 0 Å². The summed E-state index contributed by atoms with van der Waals surface area (Å²) in [7, 11) is 0. The van der Waals surface area contributed by atoms with Crippen LogP contribution in [0.3, 0.4) is 0 Å². The lowest BCUT2D eigenvalue weighted by molar-refractivity contribution is -0.116. The van der Waals surface area contributed by atoms with Gasteiger partial charge in [-0.2, -0.15) is 13.2 Å². The van der Waals surface area contributed by atoms with Crippen molar-refractivity contribution in [2.45, 2.75) is 37.1 Å². The summed E-state index contributed by atoms with van der Waals surface area (Å²) < 4.78 is 36.8. The van der Waals surface area contributed by atoms with Crippen LogP contribution in [0, 0.1) is 0 Å². The van der Waals surface area contributed by atoms with Crippen molar-refractivity contribution in [3.63, 3.8) is 0 Å². The molecule has 0 aromatic heterocycles. The molecule has 0 aliphatic heterocycles. The predicted molar refractivity (Wildman–Crippen MR) is 62.1 cm³/mol. The lowest BCUT2D eigenvalue weighted by atomic mass is 10.0. The first-order chi connectivity index (χ1) is 7.81. The highest BCUT2D eigenvalue weighted by Gasteiger charge is 2.30. The van der Waals surface area contributed by atoms with Crippen LogP contribution in [-0.4, -0.2) is 11.3 Å². The zero-order valence-electron chi connectivity index (χ0n) is 9.60. The molecule has 0 heterocycles. The molecule has 17 heavy (non-hydrogen) atoms. The number of thioether (sulfide) groups is 1. The van der Waals surface area contributed by atoms with E-state index in [2.05, 4.69) is 0 Å². The van der Waals surface area contributed by atoms with Gasteiger partial charge in [-0.3, -0.25) is 4.79 Å². The van der Waals surface area contributed by atoms with Crippen LogP contribution in [0.1, 0.15) is 25.0 Å². The fraction of sp³-hybridized carbons (Fsp3) is 0.417. The molecule has 5 heteroatoms. The van der Waals surface area contributed by atoms with E-state index < -0.39 is 5.51 Å². The molecular formula is C12H13F3OS. The highest BCUT2D eigenvalue weighted by molar-refractivity contribution is 8.00. The summed E-state index contributed by atoms with van der Waals surface area (Å²) in [6, 6.07) is 4.69. The average molecular weight is 262 g/mol. The largest absolute Gasteiger partial charge is 0.446 e. The monoisotopic (exact) mass is 262 g/mol. The number of benzene rings is 1. The third-order valence-electron chi connectivity index (χ3n) is 2.18. The van der Waals surface area contributed by atoms with Gasteiger partial charge >= 0.3 is 5.51 Å². The summed E-state index contributed by atoms with van der Waals surface area (Å²) in [5, 5.41) is 0. The minimum absolute atomic E-state index is 0.00303. The fourth-order valence-electron chi connectivity index (χ4n) is 1.53. The minimum Gasteiger partial charge on any atom is -0.300 e. The van der Waals surface area contributed by atoms with E-state index in [0.717, 1.165) is 5.56 Å². The van der Waals surface area contributed by atoms with Crippen LogP contribution in [0.2, 0.25) is 0 Å². The van der Waals surface area contributed by atoms with Gasteiger partial charge in [0.25, 0.3) is 0 Å². The molecule has 0 saturated heterocycles. The minimum atomic E-state index is -4.27. The Morgan fingerprint density at radius 1 is 1.35 bits per heavy atom. The van der Waals surface area contributed by atoms with Gasteiger partial charge in [0.05, 0.1) is 0 Å². The zero-order valence-corrected chi connectivity index (χ0v) is 10.4. The normalized spacial score (nSPS) is 11.6. The highest BCUT2D eigenvalue weighted by atomic mass is 32.2. The lowest BCUT2D eigenvalue weighted by Crippen LogP contribution is -2.02. The molecule has 0 N–H and O–H groups in total. The maximum Gasteiger partial charge on any atom is 0.446 e. The molecule has 0 fully saturated rings. The second-order valence-electron chi connectivity index (χ2n) is 3.72. The van der Waals surface area contributed by atoms with Gasteiger partial charge in [-0.25, -0.2) is 0 Å². The van der Waals surface area contributed by atoms with Crippen LogP contribution < -0.4 is 0 Å². The maximum atomic E-state index is 12.3. The summed E-state index contributed by atoms with van der Waals surface area (Å²) in [5.41, 5.74) is -2.88. The average Bonchev–Trinajstić information content (AvgIpc) is 2.17. The van der Waals surface area contributed by atoms with E-state index in [0.29, 0.717) is 12.0 Å². The van der Waals surface area contributed by atoms with Gasteiger partial charge in [0.1, 0.15) is 5.78 Å². The summed E-state index contributed by atoms with van der Waals surface area (Å²) >= 11 is -0.105. The van der Waals surface area contributed by atoms with Crippen LogP contribution in [-0.2, 0) is 17.6 Å². The van der Waals surface area contributed by atoms with Crippen molar-refractivity contribution in [1.82, 2.24) is 0 Å². The van der Waals surface area contributed by atoms with Gasteiger partial charge in [-0.05, 0) is 42.3 Å². The summed E-state index contributed by atoms with van der Waals surface area (Å²) in [6.07, 6.45) is 0.786. The predicted octanol–water partition coefficient (Wildman–Crippen LogP) is 3.99. The van der Waals surface area contributed by atoms with Crippen LogP contribution in [0.4, 0.5) is 13.2 Å². The first-order valence-electron chi connectivity index (χ1n) is 5.19. The smallest absolute Gasteiger partial charge is 0.300 e. The Bertz CT molecular complexity index is 413. The molecule has 0 radical (unpaired) electrons. The van der Waals surface area contributed by atoms with Crippen LogP contribution >= 0.6 is 11.8 Å². The molecule has 1 nitrogen and oxygen atoms in total. The van der Waals surface area contributed by atoms with E-state index in [1.54, 1.807) is 19.1 Å². The summed E-state index contributed by atoms with van der Waals surface area (Å²) in [6.45, 7) is 3.26. The van der Waals surface area contributed by atoms with Crippen molar-refractivity contribution in [1.29, 1.82) is 0 Å². The van der Waals surface area contributed by atoms with Crippen molar-refractivity contribution < 1.29 is 18.0 Å². The number of Topliss-reactive ketones (excluding diaryl/α,β-unsaturated/α-hetero) is 1. The molecule has 0 aliphatic rings.